The number of hydrogen-bond acceptors (Lipinski definition) is 2. The molecule has 1 aliphatic rings. The van der Waals surface area contributed by atoms with Crippen molar-refractivity contribution >= 4 is 17.5 Å². The number of allylic oxidation sites excluding steroid dienone is 2. The summed E-state index contributed by atoms with van der Waals surface area (Å²) in [5.74, 6) is 0.0293. The molecule has 2 amide bonds. The first-order valence-electron chi connectivity index (χ1n) is 9.59. The fourth-order valence-electron chi connectivity index (χ4n) is 3.38. The van der Waals surface area contributed by atoms with Crippen LogP contribution in [-0.2, 0) is 9.59 Å². The Hall–Kier alpha value is -2.14. The summed E-state index contributed by atoms with van der Waals surface area (Å²) >= 11 is 0. The van der Waals surface area contributed by atoms with Gasteiger partial charge in [0.1, 0.15) is 0 Å². The van der Waals surface area contributed by atoms with Crippen LogP contribution in [0.4, 0.5) is 5.69 Å². The van der Waals surface area contributed by atoms with Crippen LogP contribution in [0.15, 0.2) is 30.0 Å². The zero-order valence-electron chi connectivity index (χ0n) is 16.5. The summed E-state index contributed by atoms with van der Waals surface area (Å²) in [6.07, 6.45) is 6.58. The molecule has 1 unspecified atom stereocenters. The van der Waals surface area contributed by atoms with Gasteiger partial charge in [-0.1, -0.05) is 18.2 Å². The van der Waals surface area contributed by atoms with Gasteiger partial charge in [0.25, 0.3) is 11.8 Å². The second-order valence-corrected chi connectivity index (χ2v) is 7.19. The first kappa shape index (κ1) is 20.2. The summed E-state index contributed by atoms with van der Waals surface area (Å²) in [5.41, 5.74) is 4.22. The van der Waals surface area contributed by atoms with Crippen molar-refractivity contribution in [2.45, 2.75) is 46.5 Å². The van der Waals surface area contributed by atoms with E-state index in [0.29, 0.717) is 13.1 Å². The third kappa shape index (κ3) is 5.43. The maximum absolute atomic E-state index is 12.7. The van der Waals surface area contributed by atoms with Crippen LogP contribution in [0.25, 0.3) is 0 Å². The average Bonchev–Trinajstić information content (AvgIpc) is 2.60. The first-order valence-corrected chi connectivity index (χ1v) is 9.59. The Labute approximate surface area is 157 Å². The van der Waals surface area contributed by atoms with Crippen molar-refractivity contribution in [3.8, 4) is 0 Å². The van der Waals surface area contributed by atoms with Crippen molar-refractivity contribution in [3.63, 3.8) is 0 Å². The van der Waals surface area contributed by atoms with Crippen LogP contribution in [0.5, 0.6) is 0 Å². The summed E-state index contributed by atoms with van der Waals surface area (Å²) in [6.45, 7) is 7.33. The number of hydrogen-bond donors (Lipinski definition) is 2. The van der Waals surface area contributed by atoms with Crippen molar-refractivity contribution in [2.24, 2.45) is 0 Å². The number of carbonyl (C=O) groups excluding carboxylic acids is 2. The standard InChI is InChI=1S/C21H31N3O2/c1-5-24(18-11-7-6-8-12-18)21(26)15-23(4)14-20(25)22-19-13-9-10-16(2)17(19)3/h9-11,13H,5-8,12,14-15H2,1-4H3,(H,22,25)/p+1. The van der Waals surface area contributed by atoms with Gasteiger partial charge in [-0.05, 0) is 63.6 Å². The minimum Gasteiger partial charge on any atom is -0.322 e. The molecule has 0 aliphatic heterocycles. The molecular weight excluding hydrogens is 326 g/mol. The Morgan fingerprint density at radius 2 is 1.96 bits per heavy atom. The summed E-state index contributed by atoms with van der Waals surface area (Å²) in [5, 5.41) is 2.97. The maximum atomic E-state index is 12.7. The Morgan fingerprint density at radius 1 is 1.19 bits per heavy atom. The summed E-state index contributed by atoms with van der Waals surface area (Å²) in [7, 11) is 1.89. The number of likely N-dealkylation sites (N-methyl/N-ethyl adjacent to an activating group) is 2. The number of nitrogens with one attached hydrogen (secondary N) is 2. The summed E-state index contributed by atoms with van der Waals surface area (Å²) in [4.78, 5) is 27.8. The van der Waals surface area contributed by atoms with Gasteiger partial charge in [0.2, 0.25) is 0 Å². The molecule has 1 aromatic carbocycles. The normalized spacial score (nSPS) is 15.2. The number of carbonyl (C=O) groups is 2. The van der Waals surface area contributed by atoms with E-state index in [9.17, 15) is 9.59 Å². The van der Waals surface area contributed by atoms with Crippen LogP contribution < -0.4 is 10.2 Å². The maximum Gasteiger partial charge on any atom is 0.281 e. The van der Waals surface area contributed by atoms with E-state index < -0.39 is 0 Å². The molecule has 2 N–H and O–H groups in total. The zero-order chi connectivity index (χ0) is 19.1. The topological polar surface area (TPSA) is 53.9 Å². The molecule has 1 atom stereocenters. The third-order valence-electron chi connectivity index (χ3n) is 5.03. The molecule has 2 rings (SSSR count). The predicted octanol–water partition coefficient (Wildman–Crippen LogP) is 2.06. The van der Waals surface area contributed by atoms with Gasteiger partial charge in [0.15, 0.2) is 13.1 Å². The van der Waals surface area contributed by atoms with Crippen LogP contribution in [0.3, 0.4) is 0 Å². The highest BCUT2D eigenvalue weighted by Crippen LogP contribution is 2.20. The quantitative estimate of drug-likeness (QED) is 0.784. The molecule has 0 saturated carbocycles. The molecule has 0 spiro atoms. The summed E-state index contributed by atoms with van der Waals surface area (Å²) < 4.78 is 0. The second-order valence-electron chi connectivity index (χ2n) is 7.19. The van der Waals surface area contributed by atoms with Crippen molar-refractivity contribution < 1.29 is 14.5 Å². The first-order chi connectivity index (χ1) is 12.4. The SMILES string of the molecule is CCN(C(=O)C[NH+](C)CC(=O)Nc1cccc(C)c1C)C1=CCCCC1. The Morgan fingerprint density at radius 3 is 2.62 bits per heavy atom. The molecule has 5 heteroatoms. The number of anilines is 1. The molecular formula is C21H32N3O2+. The molecule has 0 saturated heterocycles. The van der Waals surface area contributed by atoms with Crippen LogP contribution in [0.2, 0.25) is 0 Å². The lowest BCUT2D eigenvalue weighted by Gasteiger charge is -2.27. The van der Waals surface area contributed by atoms with Crippen LogP contribution in [-0.4, -0.2) is 43.4 Å². The fourth-order valence-corrected chi connectivity index (χ4v) is 3.38. The van der Waals surface area contributed by atoms with E-state index >= 15 is 0 Å². The van der Waals surface area contributed by atoms with Gasteiger partial charge in [-0.15, -0.1) is 0 Å². The van der Waals surface area contributed by atoms with Crippen molar-refractivity contribution in [1.82, 2.24) is 4.90 Å². The van der Waals surface area contributed by atoms with Gasteiger partial charge in [-0.2, -0.15) is 0 Å². The number of amides is 2. The molecule has 142 valence electrons. The number of benzene rings is 1. The van der Waals surface area contributed by atoms with Crippen LogP contribution >= 0.6 is 0 Å². The molecule has 0 bridgehead atoms. The third-order valence-corrected chi connectivity index (χ3v) is 5.03. The lowest BCUT2D eigenvalue weighted by molar-refractivity contribution is -0.862. The van der Waals surface area contributed by atoms with Crippen molar-refractivity contribution in [1.29, 1.82) is 0 Å². The molecule has 0 fully saturated rings. The largest absolute Gasteiger partial charge is 0.322 e. The second kappa shape index (κ2) is 9.53. The molecule has 0 radical (unpaired) electrons. The molecule has 0 aromatic heterocycles. The Bertz CT molecular complexity index is 682. The Balaban J connectivity index is 1.89. The highest BCUT2D eigenvalue weighted by Gasteiger charge is 2.22. The highest BCUT2D eigenvalue weighted by atomic mass is 16.2. The molecule has 26 heavy (non-hydrogen) atoms. The zero-order valence-corrected chi connectivity index (χ0v) is 16.5. The number of aryl methyl sites for hydroxylation is 1. The number of rotatable bonds is 7. The highest BCUT2D eigenvalue weighted by molar-refractivity contribution is 5.92. The number of nitrogens with zero attached hydrogens (tertiary/aromatic N) is 1. The van der Waals surface area contributed by atoms with Crippen molar-refractivity contribution in [3.05, 3.63) is 41.1 Å². The van der Waals surface area contributed by atoms with Gasteiger partial charge in [-0.25, -0.2) is 0 Å². The smallest absolute Gasteiger partial charge is 0.281 e. The van der Waals surface area contributed by atoms with Crippen LogP contribution in [0, 0.1) is 13.8 Å². The molecule has 0 heterocycles. The minimum absolute atomic E-state index is 0.0658. The summed E-state index contributed by atoms with van der Waals surface area (Å²) in [6, 6.07) is 5.88. The van der Waals surface area contributed by atoms with Crippen molar-refractivity contribution in [2.75, 3.05) is 32.0 Å². The van der Waals surface area contributed by atoms with Gasteiger partial charge >= 0.3 is 0 Å². The average molecular weight is 359 g/mol. The molecule has 1 aromatic rings. The van der Waals surface area contributed by atoms with Crippen LogP contribution in [0.1, 0.15) is 43.7 Å². The van der Waals surface area contributed by atoms with E-state index in [-0.39, 0.29) is 18.4 Å². The van der Waals surface area contributed by atoms with Gasteiger partial charge in [-0.3, -0.25) is 9.59 Å². The van der Waals surface area contributed by atoms with Gasteiger partial charge in [0.05, 0.1) is 7.05 Å². The Kier molecular flexibility index (Phi) is 7.39. The lowest BCUT2D eigenvalue weighted by atomic mass is 10.0. The van der Waals surface area contributed by atoms with E-state index in [2.05, 4.69) is 11.4 Å². The predicted molar refractivity (Wildman–Crippen MR) is 105 cm³/mol. The van der Waals surface area contributed by atoms with Gasteiger partial charge < -0.3 is 15.1 Å². The fraction of sp³-hybridized carbons (Fsp3) is 0.524. The number of quaternary nitrogens is 1. The van der Waals surface area contributed by atoms with E-state index in [4.69, 9.17) is 0 Å². The van der Waals surface area contributed by atoms with Gasteiger partial charge in [0, 0.05) is 17.9 Å². The minimum atomic E-state index is -0.0658. The monoisotopic (exact) mass is 358 g/mol. The van der Waals surface area contributed by atoms with E-state index in [1.165, 1.54) is 6.42 Å². The lowest BCUT2D eigenvalue weighted by Crippen LogP contribution is -3.11. The molecule has 1 aliphatic carbocycles. The van der Waals surface area contributed by atoms with E-state index in [1.807, 2.05) is 50.9 Å². The molecule has 5 nitrogen and oxygen atoms in total. The van der Waals surface area contributed by atoms with E-state index in [1.54, 1.807) is 0 Å². The van der Waals surface area contributed by atoms with E-state index in [0.717, 1.165) is 46.7 Å².